The van der Waals surface area contributed by atoms with Gasteiger partial charge in [0.2, 0.25) is 11.0 Å². The van der Waals surface area contributed by atoms with Crippen molar-refractivity contribution in [2.75, 3.05) is 32.2 Å². The van der Waals surface area contributed by atoms with Gasteiger partial charge in [-0.25, -0.2) is 0 Å². The van der Waals surface area contributed by atoms with Crippen LogP contribution in [-0.4, -0.2) is 59.8 Å². The Kier molecular flexibility index (Phi) is 6.98. The van der Waals surface area contributed by atoms with Crippen LogP contribution in [0.4, 0.5) is 5.13 Å². The number of ether oxygens (including phenoxy) is 3. The monoisotopic (exact) mass is 446 g/mol. The van der Waals surface area contributed by atoms with Gasteiger partial charge in [0.15, 0.2) is 18.1 Å². The van der Waals surface area contributed by atoms with E-state index < -0.39 is 0 Å². The number of rotatable bonds is 10. The van der Waals surface area contributed by atoms with Gasteiger partial charge in [0.25, 0.3) is 5.91 Å². The zero-order chi connectivity index (χ0) is 21.6. The van der Waals surface area contributed by atoms with Crippen LogP contribution in [0.15, 0.2) is 24.3 Å². The third kappa shape index (κ3) is 5.71. The van der Waals surface area contributed by atoms with Crippen LogP contribution in [0.1, 0.15) is 43.2 Å². The molecule has 2 amide bonds. The van der Waals surface area contributed by atoms with Crippen molar-refractivity contribution >= 4 is 28.3 Å². The lowest BCUT2D eigenvalue weighted by Crippen LogP contribution is -2.38. The molecule has 0 spiro atoms. The fourth-order valence-electron chi connectivity index (χ4n) is 3.45. The quantitative estimate of drug-likeness (QED) is 0.599. The number of aromatic nitrogens is 2. The number of carbonyl (C=O) groups excluding carboxylic acids is 2. The summed E-state index contributed by atoms with van der Waals surface area (Å²) < 4.78 is 16.5. The Morgan fingerprint density at radius 1 is 1.23 bits per heavy atom. The number of nitrogens with zero attached hydrogens (tertiary/aromatic N) is 3. The van der Waals surface area contributed by atoms with E-state index in [1.54, 1.807) is 24.1 Å². The van der Waals surface area contributed by atoms with Crippen molar-refractivity contribution in [3.8, 4) is 11.5 Å². The van der Waals surface area contributed by atoms with Gasteiger partial charge in [0.1, 0.15) is 11.1 Å². The van der Waals surface area contributed by atoms with E-state index in [1.807, 2.05) is 12.1 Å². The molecule has 1 aromatic heterocycles. The van der Waals surface area contributed by atoms with Crippen molar-refractivity contribution < 1.29 is 23.8 Å². The molecule has 1 unspecified atom stereocenters. The number of amides is 2. The molecule has 2 fully saturated rings. The van der Waals surface area contributed by atoms with E-state index >= 15 is 0 Å². The molecular weight excluding hydrogens is 420 g/mol. The van der Waals surface area contributed by atoms with E-state index in [1.165, 1.54) is 11.3 Å². The summed E-state index contributed by atoms with van der Waals surface area (Å²) in [6, 6.07) is 7.37. The minimum absolute atomic E-state index is 0.0191. The van der Waals surface area contributed by atoms with E-state index in [4.69, 9.17) is 14.2 Å². The lowest BCUT2D eigenvalue weighted by Gasteiger charge is -2.22. The third-order valence-electron chi connectivity index (χ3n) is 5.20. The van der Waals surface area contributed by atoms with Crippen molar-refractivity contribution in [2.24, 2.45) is 0 Å². The molecule has 2 heterocycles. The van der Waals surface area contributed by atoms with Gasteiger partial charge < -0.3 is 24.4 Å². The second-order valence-corrected chi connectivity index (χ2v) is 8.51. The first-order valence-corrected chi connectivity index (χ1v) is 11.3. The fraction of sp³-hybridized carbons (Fsp3) is 0.524. The maximum Gasteiger partial charge on any atom is 0.260 e. The van der Waals surface area contributed by atoms with Gasteiger partial charge in [0, 0.05) is 25.6 Å². The standard InChI is InChI=1S/C21H26N4O5S/c1-28-15-5-2-3-6-16(15)30-13-19(27)25(14-8-9-14)11-10-18(26)22-21-24-23-20(31-21)17-7-4-12-29-17/h2-3,5-6,14,17H,4,7-13H2,1H3,(H,22,24,26). The van der Waals surface area contributed by atoms with Crippen LogP contribution in [-0.2, 0) is 14.3 Å². The first kappa shape index (κ1) is 21.5. The van der Waals surface area contributed by atoms with E-state index in [0.717, 1.165) is 37.3 Å². The zero-order valence-corrected chi connectivity index (χ0v) is 18.2. The van der Waals surface area contributed by atoms with Gasteiger partial charge in [-0.3, -0.25) is 9.59 Å². The predicted molar refractivity (Wildman–Crippen MR) is 114 cm³/mol. The van der Waals surface area contributed by atoms with Crippen LogP contribution in [0.3, 0.4) is 0 Å². The third-order valence-corrected chi connectivity index (χ3v) is 6.13. The summed E-state index contributed by atoms with van der Waals surface area (Å²) >= 11 is 1.34. The topological polar surface area (TPSA) is 103 Å². The molecule has 10 heteroatoms. The molecule has 4 rings (SSSR count). The van der Waals surface area contributed by atoms with Crippen LogP contribution in [0.25, 0.3) is 0 Å². The number of methoxy groups -OCH3 is 1. The highest BCUT2D eigenvalue weighted by Gasteiger charge is 2.33. The van der Waals surface area contributed by atoms with Gasteiger partial charge in [-0.05, 0) is 37.8 Å². The molecule has 0 bridgehead atoms. The van der Waals surface area contributed by atoms with Crippen LogP contribution in [0.2, 0.25) is 0 Å². The Morgan fingerprint density at radius 3 is 2.74 bits per heavy atom. The average Bonchev–Trinajstić information content (AvgIpc) is 3.25. The van der Waals surface area contributed by atoms with E-state index in [0.29, 0.717) is 23.2 Å². The average molecular weight is 447 g/mol. The fourth-order valence-corrected chi connectivity index (χ4v) is 4.29. The van der Waals surface area contributed by atoms with Crippen LogP contribution in [0.5, 0.6) is 11.5 Å². The number of hydrogen-bond donors (Lipinski definition) is 1. The highest BCUT2D eigenvalue weighted by Crippen LogP contribution is 2.32. The van der Waals surface area contributed by atoms with Gasteiger partial charge in [-0.2, -0.15) is 0 Å². The molecule has 1 aliphatic heterocycles. The minimum atomic E-state index is -0.195. The van der Waals surface area contributed by atoms with Crippen LogP contribution in [0, 0.1) is 0 Å². The smallest absolute Gasteiger partial charge is 0.260 e. The number of carbonyl (C=O) groups is 2. The molecule has 1 aliphatic carbocycles. The van der Waals surface area contributed by atoms with Crippen molar-refractivity contribution in [1.82, 2.24) is 15.1 Å². The highest BCUT2D eigenvalue weighted by atomic mass is 32.1. The molecule has 1 N–H and O–H groups in total. The summed E-state index contributed by atoms with van der Waals surface area (Å²) in [6.45, 7) is 0.972. The van der Waals surface area contributed by atoms with Gasteiger partial charge in [0.05, 0.1) is 7.11 Å². The molecule has 1 saturated heterocycles. The summed E-state index contributed by atoms with van der Waals surface area (Å²) in [4.78, 5) is 26.8. The lowest BCUT2D eigenvalue weighted by molar-refractivity contribution is -0.134. The summed E-state index contributed by atoms with van der Waals surface area (Å²) in [5, 5.41) is 12.2. The Labute approximate surface area is 184 Å². The summed E-state index contributed by atoms with van der Waals surface area (Å²) in [7, 11) is 1.56. The Morgan fingerprint density at radius 2 is 2.03 bits per heavy atom. The SMILES string of the molecule is COc1ccccc1OCC(=O)N(CCC(=O)Nc1nnc(C2CCCO2)s1)C1CC1. The highest BCUT2D eigenvalue weighted by molar-refractivity contribution is 7.15. The second kappa shape index (κ2) is 10.1. The minimum Gasteiger partial charge on any atom is -0.493 e. The lowest BCUT2D eigenvalue weighted by atomic mass is 10.2. The van der Waals surface area contributed by atoms with Gasteiger partial charge in [-0.1, -0.05) is 23.5 Å². The molecule has 166 valence electrons. The Balaban J connectivity index is 1.26. The number of benzene rings is 1. The van der Waals surface area contributed by atoms with Crippen LogP contribution < -0.4 is 14.8 Å². The normalized spacial score (nSPS) is 17.9. The molecule has 1 saturated carbocycles. The van der Waals surface area contributed by atoms with Crippen molar-refractivity contribution in [3.63, 3.8) is 0 Å². The Bertz CT molecular complexity index is 911. The van der Waals surface area contributed by atoms with Crippen molar-refractivity contribution in [3.05, 3.63) is 29.3 Å². The molecule has 0 radical (unpaired) electrons. The summed E-state index contributed by atoms with van der Waals surface area (Å²) in [6.07, 6.45) is 4.00. The van der Waals surface area contributed by atoms with Gasteiger partial charge in [-0.15, -0.1) is 10.2 Å². The molecule has 2 aliphatic rings. The molecule has 9 nitrogen and oxygen atoms in total. The first-order valence-electron chi connectivity index (χ1n) is 10.4. The summed E-state index contributed by atoms with van der Waals surface area (Å²) in [5.74, 6) is 0.758. The molecular formula is C21H26N4O5S. The zero-order valence-electron chi connectivity index (χ0n) is 17.4. The number of para-hydroxylation sites is 2. The van der Waals surface area contributed by atoms with E-state index in [2.05, 4.69) is 15.5 Å². The van der Waals surface area contributed by atoms with Crippen molar-refractivity contribution in [1.29, 1.82) is 0 Å². The molecule has 1 aromatic carbocycles. The second-order valence-electron chi connectivity index (χ2n) is 7.50. The number of anilines is 1. The first-order chi connectivity index (χ1) is 15.1. The van der Waals surface area contributed by atoms with Crippen LogP contribution >= 0.6 is 11.3 Å². The van der Waals surface area contributed by atoms with E-state index in [9.17, 15) is 9.59 Å². The predicted octanol–water partition coefficient (Wildman–Crippen LogP) is 2.80. The maximum atomic E-state index is 12.7. The molecule has 2 aromatic rings. The molecule has 1 atom stereocenters. The summed E-state index contributed by atoms with van der Waals surface area (Å²) in [5.41, 5.74) is 0. The van der Waals surface area contributed by atoms with E-state index in [-0.39, 0.29) is 37.0 Å². The Hall–Kier alpha value is -2.72. The maximum absolute atomic E-state index is 12.7. The van der Waals surface area contributed by atoms with Gasteiger partial charge >= 0.3 is 0 Å². The largest absolute Gasteiger partial charge is 0.493 e. The molecule has 31 heavy (non-hydrogen) atoms. The van der Waals surface area contributed by atoms with Crippen molar-refractivity contribution in [2.45, 2.75) is 44.2 Å². The number of hydrogen-bond acceptors (Lipinski definition) is 8. The number of nitrogens with one attached hydrogen (secondary N) is 1.